The molecule has 0 aromatic heterocycles. The summed E-state index contributed by atoms with van der Waals surface area (Å²) in [7, 11) is 0. The second-order valence-electron chi connectivity index (χ2n) is 5.25. The molecule has 0 spiro atoms. The van der Waals surface area contributed by atoms with Gasteiger partial charge in [-0.15, -0.1) is 0 Å². The number of carbonyl (C=O) groups is 2. The van der Waals surface area contributed by atoms with Crippen molar-refractivity contribution in [1.82, 2.24) is 0 Å². The summed E-state index contributed by atoms with van der Waals surface area (Å²) in [5.41, 5.74) is -5.31. The van der Waals surface area contributed by atoms with E-state index in [0.29, 0.717) is 0 Å². The Labute approximate surface area is 133 Å². The van der Waals surface area contributed by atoms with Crippen molar-refractivity contribution in [1.29, 1.82) is 0 Å². The van der Waals surface area contributed by atoms with E-state index in [4.69, 9.17) is 0 Å². The molecule has 2 aliphatic rings. The molecule has 128 valence electrons. The maximum atomic E-state index is 13.2. The summed E-state index contributed by atoms with van der Waals surface area (Å²) < 4.78 is 48.8. The Morgan fingerprint density at radius 1 is 1.29 bits per heavy atom. The number of allylic oxidation sites excluding steroid dienone is 1. The molecular weight excluding hydrogens is 333 g/mol. The van der Waals surface area contributed by atoms with Crippen LogP contribution < -0.4 is 0 Å². The first-order valence-corrected chi connectivity index (χ1v) is 6.86. The van der Waals surface area contributed by atoms with Gasteiger partial charge in [-0.2, -0.15) is 13.2 Å². The van der Waals surface area contributed by atoms with E-state index in [9.17, 15) is 33.0 Å². The van der Waals surface area contributed by atoms with Gasteiger partial charge in [-0.3, -0.25) is 4.79 Å². The van der Waals surface area contributed by atoms with Crippen LogP contribution in [0.1, 0.15) is 22.8 Å². The molecule has 1 aliphatic carbocycles. The minimum absolute atomic E-state index is 0.245. The molecule has 1 heterocycles. The number of halogens is 3. The lowest BCUT2D eigenvalue weighted by Gasteiger charge is -2.30. The van der Waals surface area contributed by atoms with Gasteiger partial charge in [-0.25, -0.2) is 4.79 Å². The highest BCUT2D eigenvalue weighted by atomic mass is 19.4. The Hall–Kier alpha value is -2.39. The molecule has 3 rings (SSSR count). The first-order valence-electron chi connectivity index (χ1n) is 6.86. The van der Waals surface area contributed by atoms with Gasteiger partial charge in [0.2, 0.25) is 17.1 Å². The van der Waals surface area contributed by atoms with Crippen molar-refractivity contribution in [3.8, 4) is 0 Å². The molecule has 0 fully saturated rings. The molecule has 2 unspecified atom stereocenters. The van der Waals surface area contributed by atoms with Crippen LogP contribution in [0.3, 0.4) is 0 Å². The van der Waals surface area contributed by atoms with Crippen LogP contribution in [0.25, 0.3) is 0 Å². The van der Waals surface area contributed by atoms with Crippen LogP contribution in [0.4, 0.5) is 13.2 Å². The minimum Gasteiger partial charge on any atom is -0.462 e. The number of benzene rings is 1. The summed E-state index contributed by atoms with van der Waals surface area (Å²) in [4.78, 5) is 24.5. The summed E-state index contributed by atoms with van der Waals surface area (Å²) in [6, 6.07) is 5.07. The van der Waals surface area contributed by atoms with E-state index < -0.39 is 40.6 Å². The number of rotatable bonds is 2. The van der Waals surface area contributed by atoms with Crippen LogP contribution in [-0.2, 0) is 20.1 Å². The first-order chi connectivity index (χ1) is 11.1. The lowest BCUT2D eigenvalue weighted by molar-refractivity contribution is -0.258. The quantitative estimate of drug-likeness (QED) is 0.783. The Morgan fingerprint density at radius 2 is 1.92 bits per heavy atom. The summed E-state index contributed by atoms with van der Waals surface area (Å²) in [5.74, 6) is -7.88. The fourth-order valence-corrected chi connectivity index (χ4v) is 2.94. The van der Waals surface area contributed by atoms with Gasteiger partial charge in [0.25, 0.3) is 5.79 Å². The predicted octanol–water partition coefficient (Wildman–Crippen LogP) is 1.17. The molecular formula is C15H11F3O6. The number of hydrogen-bond donors (Lipinski definition) is 2. The third-order valence-electron chi connectivity index (χ3n) is 3.93. The fourth-order valence-electron chi connectivity index (χ4n) is 2.94. The maximum absolute atomic E-state index is 13.2. The number of ether oxygens (including phenoxy) is 2. The monoisotopic (exact) mass is 344 g/mol. The topological polar surface area (TPSA) is 93.1 Å². The van der Waals surface area contributed by atoms with E-state index in [-0.39, 0.29) is 17.7 Å². The van der Waals surface area contributed by atoms with Crippen molar-refractivity contribution >= 4 is 11.8 Å². The molecule has 0 radical (unpaired) electrons. The van der Waals surface area contributed by atoms with Crippen LogP contribution in [0, 0.1) is 0 Å². The average Bonchev–Trinajstić information content (AvgIpc) is 2.85. The van der Waals surface area contributed by atoms with E-state index in [0.717, 1.165) is 6.07 Å². The fraction of sp³-hybridized carbons (Fsp3) is 0.333. The Bertz CT molecular complexity index is 784. The molecule has 1 aromatic carbocycles. The second kappa shape index (κ2) is 4.81. The molecule has 1 aliphatic heterocycles. The van der Waals surface area contributed by atoms with Crippen LogP contribution in [0.5, 0.6) is 0 Å². The normalized spacial score (nSPS) is 28.5. The average molecular weight is 344 g/mol. The number of fused-ring (bicyclic) bond motifs is 3. The number of carbonyl (C=O) groups excluding carboxylic acids is 2. The molecule has 2 atom stereocenters. The number of Topliss-reactive ketones (excluding diaryl/α,β-unsaturated/α-hetero) is 1. The van der Waals surface area contributed by atoms with E-state index in [2.05, 4.69) is 9.47 Å². The van der Waals surface area contributed by atoms with Crippen LogP contribution >= 0.6 is 0 Å². The van der Waals surface area contributed by atoms with Crippen molar-refractivity contribution in [3.05, 3.63) is 46.7 Å². The van der Waals surface area contributed by atoms with Gasteiger partial charge < -0.3 is 19.7 Å². The molecule has 1 aromatic rings. The summed E-state index contributed by atoms with van der Waals surface area (Å²) in [5, 5.41) is 21.3. The molecule has 2 N–H and O–H groups in total. The van der Waals surface area contributed by atoms with Gasteiger partial charge in [-0.05, 0) is 6.92 Å². The number of hydrogen-bond acceptors (Lipinski definition) is 6. The Kier molecular flexibility index (Phi) is 3.30. The van der Waals surface area contributed by atoms with Gasteiger partial charge >= 0.3 is 12.1 Å². The van der Waals surface area contributed by atoms with E-state index in [1.807, 2.05) is 0 Å². The van der Waals surface area contributed by atoms with Gasteiger partial charge in [0.15, 0.2) is 0 Å². The molecule has 24 heavy (non-hydrogen) atoms. The van der Waals surface area contributed by atoms with Crippen LogP contribution in [-0.4, -0.2) is 40.3 Å². The zero-order chi connectivity index (χ0) is 17.9. The Morgan fingerprint density at radius 3 is 2.50 bits per heavy atom. The van der Waals surface area contributed by atoms with Crippen molar-refractivity contribution in [3.63, 3.8) is 0 Å². The zero-order valence-electron chi connectivity index (χ0n) is 12.2. The highest BCUT2D eigenvalue weighted by molar-refractivity contribution is 6.16. The minimum atomic E-state index is -5.23. The maximum Gasteiger partial charge on any atom is 0.449 e. The molecule has 9 heteroatoms. The van der Waals surface area contributed by atoms with Crippen molar-refractivity contribution in [2.75, 3.05) is 6.61 Å². The highest BCUT2D eigenvalue weighted by Gasteiger charge is 2.75. The molecule has 0 saturated heterocycles. The van der Waals surface area contributed by atoms with Gasteiger partial charge in [0.05, 0.1) is 6.61 Å². The highest BCUT2D eigenvalue weighted by Crippen LogP contribution is 2.57. The second-order valence-corrected chi connectivity index (χ2v) is 5.25. The standard InChI is InChI=1S/C15H11F3O6/c1-2-23-12(20)9-11(15(16,17)18)24-14(22)8-6-4-3-5-7(8)10(19)13(9,14)21/h3-6,21-22H,2H2,1H3. The first kappa shape index (κ1) is 16.5. The molecule has 0 bridgehead atoms. The SMILES string of the molecule is CCOC(=O)C1=C(C(F)(F)F)OC2(O)c3ccccc3C(=O)C12O. The lowest BCUT2D eigenvalue weighted by Crippen LogP contribution is -2.52. The number of esters is 1. The molecule has 0 amide bonds. The summed E-state index contributed by atoms with van der Waals surface area (Å²) in [6.45, 7) is 1.03. The largest absolute Gasteiger partial charge is 0.462 e. The van der Waals surface area contributed by atoms with Crippen LogP contribution in [0.2, 0.25) is 0 Å². The zero-order valence-corrected chi connectivity index (χ0v) is 12.2. The van der Waals surface area contributed by atoms with E-state index in [1.165, 1.54) is 25.1 Å². The van der Waals surface area contributed by atoms with Crippen LogP contribution in [0.15, 0.2) is 35.6 Å². The summed E-state index contributed by atoms with van der Waals surface area (Å²) >= 11 is 0. The predicted molar refractivity (Wildman–Crippen MR) is 70.4 cm³/mol. The Balaban J connectivity index is 2.29. The van der Waals surface area contributed by atoms with Crippen molar-refractivity contribution in [2.24, 2.45) is 0 Å². The lowest BCUT2D eigenvalue weighted by atomic mass is 9.86. The summed E-state index contributed by atoms with van der Waals surface area (Å²) in [6.07, 6.45) is -5.23. The van der Waals surface area contributed by atoms with Crippen molar-refractivity contribution < 1.29 is 42.4 Å². The molecule has 0 saturated carbocycles. The van der Waals surface area contributed by atoms with E-state index in [1.54, 1.807) is 0 Å². The number of ketones is 1. The third-order valence-corrected chi connectivity index (χ3v) is 3.93. The van der Waals surface area contributed by atoms with Crippen molar-refractivity contribution in [2.45, 2.75) is 24.5 Å². The van der Waals surface area contributed by atoms with E-state index >= 15 is 0 Å². The van der Waals surface area contributed by atoms with Gasteiger partial charge in [-0.1, -0.05) is 24.3 Å². The number of aliphatic hydroxyl groups is 2. The van der Waals surface area contributed by atoms with Gasteiger partial charge in [0, 0.05) is 11.1 Å². The number of alkyl halides is 3. The smallest absolute Gasteiger partial charge is 0.449 e. The third kappa shape index (κ3) is 1.79. The molecule has 6 nitrogen and oxygen atoms in total. The van der Waals surface area contributed by atoms with Gasteiger partial charge in [0.1, 0.15) is 5.57 Å².